The van der Waals surface area contributed by atoms with Crippen LogP contribution in [0.5, 0.6) is 0 Å². The van der Waals surface area contributed by atoms with E-state index in [-0.39, 0.29) is 17.5 Å². The second-order valence-corrected chi connectivity index (χ2v) is 10.0. The number of anilines is 1. The quantitative estimate of drug-likeness (QED) is 0.413. The van der Waals surface area contributed by atoms with Crippen LogP contribution in [0.3, 0.4) is 0 Å². The van der Waals surface area contributed by atoms with Gasteiger partial charge in [-0.3, -0.25) is 18.7 Å². The van der Waals surface area contributed by atoms with Crippen molar-refractivity contribution in [2.75, 3.05) is 12.4 Å². The molecule has 0 aliphatic heterocycles. The normalized spacial score (nSPS) is 17.8. The molecule has 0 spiro atoms. The zero-order chi connectivity index (χ0) is 26.5. The van der Waals surface area contributed by atoms with Gasteiger partial charge in [-0.15, -0.1) is 0 Å². The van der Waals surface area contributed by atoms with Crippen molar-refractivity contribution in [1.29, 1.82) is 0 Å². The number of rotatable bonds is 8. The maximum atomic E-state index is 15.2. The maximum absolute atomic E-state index is 15.2. The molecule has 2 saturated carbocycles. The minimum atomic E-state index is -0.703. The average Bonchev–Trinajstić information content (AvgIpc) is 3.41. The lowest BCUT2D eigenvalue weighted by Gasteiger charge is -2.25. The summed E-state index contributed by atoms with van der Waals surface area (Å²) in [6.45, 7) is 1.13. The van der Waals surface area contributed by atoms with Crippen molar-refractivity contribution in [3.63, 3.8) is 0 Å². The number of halogens is 1. The summed E-state index contributed by atoms with van der Waals surface area (Å²) in [5, 5.41) is 6.00. The van der Waals surface area contributed by atoms with E-state index in [9.17, 15) is 19.2 Å². The first kappa shape index (κ1) is 26.6. The molecule has 2 aromatic rings. The number of hydrogen-bond acceptors (Lipinski definition) is 6. The summed E-state index contributed by atoms with van der Waals surface area (Å²) >= 11 is 0. The van der Waals surface area contributed by atoms with E-state index in [0.29, 0.717) is 11.2 Å². The molecule has 0 saturated heterocycles. The molecule has 4 rings (SSSR count). The van der Waals surface area contributed by atoms with Crippen LogP contribution in [0.25, 0.3) is 10.9 Å². The van der Waals surface area contributed by atoms with Crippen LogP contribution >= 0.6 is 0 Å². The Kier molecular flexibility index (Phi) is 8.45. The van der Waals surface area contributed by atoms with E-state index >= 15 is 4.39 Å². The molecule has 1 aromatic carbocycles. The first-order valence-electron chi connectivity index (χ1n) is 13.1. The van der Waals surface area contributed by atoms with Crippen molar-refractivity contribution < 1.29 is 18.7 Å². The standard InChI is InChI=1S/C27H35FN4O5/c1-17(12-13-25(34)37-2)29-24(33)16-31-26(35)20-14-21(28)22(30-18-8-4-3-5-9-18)15-23(20)32(27(31)36)19-10-6-7-11-19/h12-15,17-19,30H,3-11,16H2,1-2H3,(H,29,33)/t17-/m1/s1. The second kappa shape index (κ2) is 11.7. The molecule has 10 heteroatoms. The summed E-state index contributed by atoms with van der Waals surface area (Å²) in [4.78, 5) is 50.9. The molecule has 0 radical (unpaired) electrons. The van der Waals surface area contributed by atoms with Crippen molar-refractivity contribution in [2.24, 2.45) is 0 Å². The number of ether oxygens (including phenoxy) is 1. The summed E-state index contributed by atoms with van der Waals surface area (Å²) in [5.41, 5.74) is -0.586. The Morgan fingerprint density at radius 2 is 1.78 bits per heavy atom. The number of esters is 1. The van der Waals surface area contributed by atoms with Crippen LogP contribution in [0, 0.1) is 5.82 Å². The third kappa shape index (κ3) is 6.11. The first-order valence-corrected chi connectivity index (χ1v) is 13.1. The molecule has 0 bridgehead atoms. The number of fused-ring (bicyclic) bond motifs is 1. The van der Waals surface area contributed by atoms with Gasteiger partial charge in [0.05, 0.1) is 23.7 Å². The van der Waals surface area contributed by atoms with Crippen LogP contribution in [0.2, 0.25) is 0 Å². The number of hydrogen-bond donors (Lipinski definition) is 2. The fourth-order valence-electron chi connectivity index (χ4n) is 5.41. The minimum absolute atomic E-state index is 0.0737. The van der Waals surface area contributed by atoms with E-state index in [1.54, 1.807) is 17.6 Å². The smallest absolute Gasteiger partial charge is 0.332 e. The zero-order valence-electron chi connectivity index (χ0n) is 21.4. The molecule has 2 fully saturated rings. The molecule has 1 heterocycles. The molecular formula is C27H35FN4O5. The first-order chi connectivity index (χ1) is 17.8. The largest absolute Gasteiger partial charge is 0.466 e. The van der Waals surface area contributed by atoms with Gasteiger partial charge in [0.1, 0.15) is 12.4 Å². The molecule has 1 amide bonds. The van der Waals surface area contributed by atoms with E-state index in [2.05, 4.69) is 15.4 Å². The average molecular weight is 515 g/mol. The third-order valence-electron chi connectivity index (χ3n) is 7.32. The number of amides is 1. The van der Waals surface area contributed by atoms with E-state index < -0.39 is 41.5 Å². The topological polar surface area (TPSA) is 111 Å². The molecule has 2 aliphatic rings. The number of carbonyl (C=O) groups is 2. The second-order valence-electron chi connectivity index (χ2n) is 10.0. The number of carbonyl (C=O) groups excluding carboxylic acids is 2. The predicted octanol–water partition coefficient (Wildman–Crippen LogP) is 3.40. The number of benzene rings is 1. The number of aromatic nitrogens is 2. The fraction of sp³-hybridized carbons (Fsp3) is 0.556. The predicted molar refractivity (Wildman–Crippen MR) is 139 cm³/mol. The highest BCUT2D eigenvalue weighted by molar-refractivity contribution is 5.84. The highest BCUT2D eigenvalue weighted by Gasteiger charge is 2.25. The van der Waals surface area contributed by atoms with Crippen molar-refractivity contribution in [3.05, 3.63) is 50.9 Å². The summed E-state index contributed by atoms with van der Waals surface area (Å²) in [5.74, 6) is -1.69. The number of methoxy groups -OCH3 is 1. The minimum Gasteiger partial charge on any atom is -0.466 e. The summed E-state index contributed by atoms with van der Waals surface area (Å²) < 4.78 is 22.2. The number of nitrogens with zero attached hydrogens (tertiary/aromatic N) is 2. The summed E-state index contributed by atoms with van der Waals surface area (Å²) in [7, 11) is 1.25. The van der Waals surface area contributed by atoms with Gasteiger partial charge >= 0.3 is 11.7 Å². The number of nitrogens with one attached hydrogen (secondary N) is 2. The Labute approximate surface area is 214 Å². The van der Waals surface area contributed by atoms with Crippen molar-refractivity contribution in [2.45, 2.75) is 89.4 Å². The van der Waals surface area contributed by atoms with Gasteiger partial charge in [0, 0.05) is 24.2 Å². The third-order valence-corrected chi connectivity index (χ3v) is 7.32. The van der Waals surface area contributed by atoms with Gasteiger partial charge < -0.3 is 15.4 Å². The van der Waals surface area contributed by atoms with Crippen molar-refractivity contribution >= 4 is 28.5 Å². The molecule has 2 aliphatic carbocycles. The Morgan fingerprint density at radius 3 is 2.46 bits per heavy atom. The van der Waals surface area contributed by atoms with Crippen molar-refractivity contribution in [1.82, 2.24) is 14.5 Å². The van der Waals surface area contributed by atoms with Gasteiger partial charge in [0.15, 0.2) is 0 Å². The summed E-state index contributed by atoms with van der Waals surface area (Å²) in [6, 6.07) is 2.27. The van der Waals surface area contributed by atoms with E-state index in [4.69, 9.17) is 0 Å². The van der Waals surface area contributed by atoms with Crippen LogP contribution in [-0.4, -0.2) is 40.2 Å². The molecule has 37 heavy (non-hydrogen) atoms. The highest BCUT2D eigenvalue weighted by Crippen LogP contribution is 2.32. The lowest BCUT2D eigenvalue weighted by Crippen LogP contribution is -2.45. The molecule has 1 aromatic heterocycles. The lowest BCUT2D eigenvalue weighted by molar-refractivity contribution is -0.135. The molecular weight excluding hydrogens is 479 g/mol. The van der Waals surface area contributed by atoms with Gasteiger partial charge in [-0.2, -0.15) is 0 Å². The molecule has 2 N–H and O–H groups in total. The van der Waals surface area contributed by atoms with Crippen LogP contribution in [0.1, 0.15) is 70.8 Å². The lowest BCUT2D eigenvalue weighted by atomic mass is 9.95. The fourth-order valence-corrected chi connectivity index (χ4v) is 5.41. The van der Waals surface area contributed by atoms with Gasteiger partial charge in [-0.25, -0.2) is 14.0 Å². The molecule has 200 valence electrons. The Balaban J connectivity index is 1.70. The molecule has 0 unspecified atom stereocenters. The zero-order valence-corrected chi connectivity index (χ0v) is 21.4. The Morgan fingerprint density at radius 1 is 1.11 bits per heavy atom. The van der Waals surface area contributed by atoms with Gasteiger partial charge in [-0.05, 0) is 44.7 Å². The van der Waals surface area contributed by atoms with Gasteiger partial charge in [0.25, 0.3) is 5.56 Å². The Hall–Kier alpha value is -3.43. The van der Waals surface area contributed by atoms with E-state index in [0.717, 1.165) is 55.9 Å². The summed E-state index contributed by atoms with van der Waals surface area (Å²) in [6.07, 6.45) is 11.3. The highest BCUT2D eigenvalue weighted by atomic mass is 19.1. The van der Waals surface area contributed by atoms with Crippen LogP contribution in [0.4, 0.5) is 10.1 Å². The van der Waals surface area contributed by atoms with Crippen LogP contribution < -0.4 is 21.9 Å². The van der Waals surface area contributed by atoms with Gasteiger partial charge in [0.2, 0.25) is 5.91 Å². The van der Waals surface area contributed by atoms with Crippen molar-refractivity contribution in [3.8, 4) is 0 Å². The Bertz CT molecular complexity index is 1300. The van der Waals surface area contributed by atoms with E-state index in [1.165, 1.54) is 31.7 Å². The maximum Gasteiger partial charge on any atom is 0.332 e. The van der Waals surface area contributed by atoms with Gasteiger partial charge in [-0.1, -0.05) is 38.2 Å². The molecule has 1 atom stereocenters. The monoisotopic (exact) mass is 514 g/mol. The van der Waals surface area contributed by atoms with Crippen LogP contribution in [-0.2, 0) is 20.9 Å². The van der Waals surface area contributed by atoms with E-state index in [1.807, 2.05) is 0 Å². The molecule has 9 nitrogen and oxygen atoms in total. The van der Waals surface area contributed by atoms with Crippen LogP contribution in [0.15, 0.2) is 33.9 Å². The SMILES string of the molecule is COC(=O)C=C[C@@H](C)NC(=O)Cn1c(=O)c2cc(F)c(NC3CCCCC3)cc2n(C2CCCC2)c1=O.